The van der Waals surface area contributed by atoms with E-state index in [9.17, 15) is 18.0 Å². The quantitative estimate of drug-likeness (QED) is 0.876. The van der Waals surface area contributed by atoms with Gasteiger partial charge in [0.25, 0.3) is 0 Å². The van der Waals surface area contributed by atoms with E-state index < -0.39 is 18.5 Å². The van der Waals surface area contributed by atoms with Gasteiger partial charge in [0, 0.05) is 6.54 Å². The molecule has 2 rings (SSSR count). The van der Waals surface area contributed by atoms with Gasteiger partial charge in [-0.25, -0.2) is 4.79 Å². The maximum atomic E-state index is 12.1. The average Bonchev–Trinajstić information content (AvgIpc) is 2.89. The molecule has 8 heteroatoms. The Morgan fingerprint density at radius 2 is 1.86 bits per heavy atom. The molecule has 1 fully saturated rings. The summed E-state index contributed by atoms with van der Waals surface area (Å²) in [4.78, 5) is 13.0. The Morgan fingerprint density at radius 3 is 2.36 bits per heavy atom. The molecule has 1 aromatic rings. The standard InChI is InChI=1S/C14H17F3N2O3/c15-14(16,17)22-11-5-3-10(4-6-11)12(18-13(20)21)9-19-7-1-2-8-19/h3-6,12,18H,1-2,7-9H2,(H,20,21). The van der Waals surface area contributed by atoms with Crippen molar-refractivity contribution in [3.8, 4) is 5.75 Å². The highest BCUT2D eigenvalue weighted by Gasteiger charge is 2.31. The summed E-state index contributed by atoms with van der Waals surface area (Å²) in [5, 5.41) is 11.3. The fourth-order valence-electron chi connectivity index (χ4n) is 2.51. The number of carboxylic acid groups (broad SMARTS) is 1. The van der Waals surface area contributed by atoms with Crippen LogP contribution in [0.15, 0.2) is 24.3 Å². The lowest BCUT2D eigenvalue weighted by molar-refractivity contribution is -0.274. The number of nitrogens with one attached hydrogen (secondary N) is 1. The van der Waals surface area contributed by atoms with Crippen LogP contribution in [0.5, 0.6) is 5.75 Å². The molecule has 22 heavy (non-hydrogen) atoms. The zero-order valence-corrected chi connectivity index (χ0v) is 11.8. The molecule has 1 amide bonds. The Balaban J connectivity index is 2.07. The third-order valence-electron chi connectivity index (χ3n) is 3.45. The normalized spacial score (nSPS) is 17.2. The molecule has 1 aliphatic rings. The van der Waals surface area contributed by atoms with Crippen molar-refractivity contribution in [1.29, 1.82) is 0 Å². The molecule has 1 atom stereocenters. The van der Waals surface area contributed by atoms with E-state index in [0.717, 1.165) is 25.9 Å². The number of hydrogen-bond acceptors (Lipinski definition) is 3. The second kappa shape index (κ2) is 6.87. The first-order valence-corrected chi connectivity index (χ1v) is 6.91. The number of nitrogens with zero attached hydrogens (tertiary/aromatic N) is 1. The Hall–Kier alpha value is -1.96. The smallest absolute Gasteiger partial charge is 0.465 e. The molecule has 0 aromatic heterocycles. The van der Waals surface area contributed by atoms with Crippen LogP contribution in [-0.2, 0) is 0 Å². The van der Waals surface area contributed by atoms with Crippen LogP contribution >= 0.6 is 0 Å². The number of benzene rings is 1. The SMILES string of the molecule is O=C(O)NC(CN1CCCC1)c1ccc(OC(F)(F)F)cc1. The van der Waals surface area contributed by atoms with Crippen LogP contribution in [0.4, 0.5) is 18.0 Å². The van der Waals surface area contributed by atoms with Gasteiger partial charge in [-0.2, -0.15) is 0 Å². The van der Waals surface area contributed by atoms with Gasteiger partial charge in [0.15, 0.2) is 0 Å². The average molecular weight is 318 g/mol. The van der Waals surface area contributed by atoms with Crippen molar-refractivity contribution in [2.24, 2.45) is 0 Å². The zero-order chi connectivity index (χ0) is 16.2. The van der Waals surface area contributed by atoms with Crippen LogP contribution in [0.25, 0.3) is 0 Å². The number of hydrogen-bond donors (Lipinski definition) is 2. The molecule has 1 saturated heterocycles. The summed E-state index contributed by atoms with van der Waals surface area (Å²) in [6.07, 6.45) is -3.77. The third-order valence-corrected chi connectivity index (χ3v) is 3.45. The number of carbonyl (C=O) groups is 1. The molecule has 1 aromatic carbocycles. The second-order valence-electron chi connectivity index (χ2n) is 5.13. The van der Waals surface area contributed by atoms with Crippen LogP contribution in [0.1, 0.15) is 24.4 Å². The predicted octanol–water partition coefficient (Wildman–Crippen LogP) is 2.99. The highest BCUT2D eigenvalue weighted by atomic mass is 19.4. The molecule has 0 spiro atoms. The van der Waals surface area contributed by atoms with Gasteiger partial charge in [-0.15, -0.1) is 13.2 Å². The van der Waals surface area contributed by atoms with E-state index in [0.29, 0.717) is 12.1 Å². The van der Waals surface area contributed by atoms with E-state index in [1.165, 1.54) is 24.3 Å². The minimum Gasteiger partial charge on any atom is -0.465 e. The van der Waals surface area contributed by atoms with E-state index in [4.69, 9.17) is 5.11 Å². The van der Waals surface area contributed by atoms with E-state index in [1.807, 2.05) is 0 Å². The fraction of sp³-hybridized carbons (Fsp3) is 0.500. The third kappa shape index (κ3) is 5.10. The van der Waals surface area contributed by atoms with Crippen LogP contribution in [0.2, 0.25) is 0 Å². The molecule has 1 unspecified atom stereocenters. The molecule has 0 bridgehead atoms. The summed E-state index contributed by atoms with van der Waals surface area (Å²) >= 11 is 0. The lowest BCUT2D eigenvalue weighted by Gasteiger charge is -2.24. The summed E-state index contributed by atoms with van der Waals surface area (Å²) in [5.41, 5.74) is 0.601. The minimum atomic E-state index is -4.74. The topological polar surface area (TPSA) is 61.8 Å². The first kappa shape index (κ1) is 16.4. The van der Waals surface area contributed by atoms with Gasteiger partial charge in [-0.05, 0) is 43.6 Å². The van der Waals surface area contributed by atoms with Crippen molar-refractivity contribution in [3.63, 3.8) is 0 Å². The first-order chi connectivity index (χ1) is 10.3. The number of likely N-dealkylation sites (tertiary alicyclic amines) is 1. The summed E-state index contributed by atoms with van der Waals surface area (Å²) in [6.45, 7) is 2.28. The first-order valence-electron chi connectivity index (χ1n) is 6.91. The Kier molecular flexibility index (Phi) is 5.12. The monoisotopic (exact) mass is 318 g/mol. The van der Waals surface area contributed by atoms with Crippen LogP contribution in [0.3, 0.4) is 0 Å². The summed E-state index contributed by atoms with van der Waals surface area (Å²) in [6, 6.07) is 4.76. The van der Waals surface area contributed by atoms with Gasteiger partial charge in [0.2, 0.25) is 0 Å². The molecule has 5 nitrogen and oxygen atoms in total. The Morgan fingerprint density at radius 1 is 1.27 bits per heavy atom. The lowest BCUT2D eigenvalue weighted by atomic mass is 10.1. The second-order valence-corrected chi connectivity index (χ2v) is 5.13. The molecule has 1 heterocycles. The maximum Gasteiger partial charge on any atom is 0.573 e. The number of halogens is 3. The molecule has 2 N–H and O–H groups in total. The van der Waals surface area contributed by atoms with Crippen molar-refractivity contribution in [1.82, 2.24) is 10.2 Å². The number of amides is 1. The van der Waals surface area contributed by atoms with E-state index in [1.54, 1.807) is 0 Å². The Labute approximate surface area is 125 Å². The summed E-state index contributed by atoms with van der Waals surface area (Å²) in [5.74, 6) is -0.327. The van der Waals surface area contributed by atoms with Crippen molar-refractivity contribution in [3.05, 3.63) is 29.8 Å². The molecule has 122 valence electrons. The summed E-state index contributed by atoms with van der Waals surface area (Å²) in [7, 11) is 0. The lowest BCUT2D eigenvalue weighted by Crippen LogP contribution is -2.36. The molecule has 0 radical (unpaired) electrons. The van der Waals surface area contributed by atoms with E-state index in [2.05, 4.69) is 15.0 Å². The van der Waals surface area contributed by atoms with Crippen molar-refractivity contribution in [2.45, 2.75) is 25.2 Å². The minimum absolute atomic E-state index is 0.327. The maximum absolute atomic E-state index is 12.1. The summed E-state index contributed by atoms with van der Waals surface area (Å²) < 4.78 is 40.2. The van der Waals surface area contributed by atoms with E-state index in [-0.39, 0.29) is 5.75 Å². The molecular weight excluding hydrogens is 301 g/mol. The van der Waals surface area contributed by atoms with Gasteiger partial charge < -0.3 is 20.1 Å². The molecule has 1 aliphatic heterocycles. The van der Waals surface area contributed by atoms with Gasteiger partial charge in [0.05, 0.1) is 6.04 Å². The molecular formula is C14H17F3N2O3. The Bertz CT molecular complexity index is 499. The highest BCUT2D eigenvalue weighted by Crippen LogP contribution is 2.25. The zero-order valence-electron chi connectivity index (χ0n) is 11.8. The van der Waals surface area contributed by atoms with E-state index >= 15 is 0 Å². The fourth-order valence-corrected chi connectivity index (χ4v) is 2.51. The van der Waals surface area contributed by atoms with Crippen LogP contribution in [-0.4, -0.2) is 42.1 Å². The molecule has 0 saturated carbocycles. The van der Waals surface area contributed by atoms with Crippen molar-refractivity contribution >= 4 is 6.09 Å². The highest BCUT2D eigenvalue weighted by molar-refractivity contribution is 5.65. The van der Waals surface area contributed by atoms with Crippen molar-refractivity contribution in [2.75, 3.05) is 19.6 Å². The van der Waals surface area contributed by atoms with Gasteiger partial charge >= 0.3 is 12.5 Å². The number of rotatable bonds is 5. The number of alkyl halides is 3. The van der Waals surface area contributed by atoms with Gasteiger partial charge in [-0.3, -0.25) is 0 Å². The van der Waals surface area contributed by atoms with Gasteiger partial charge in [0.1, 0.15) is 5.75 Å². The molecule has 0 aliphatic carbocycles. The largest absolute Gasteiger partial charge is 0.573 e. The van der Waals surface area contributed by atoms with Crippen LogP contribution < -0.4 is 10.1 Å². The number of ether oxygens (including phenoxy) is 1. The van der Waals surface area contributed by atoms with Gasteiger partial charge in [-0.1, -0.05) is 12.1 Å². The predicted molar refractivity (Wildman–Crippen MR) is 72.7 cm³/mol. The van der Waals surface area contributed by atoms with Crippen LogP contribution in [0, 0.1) is 0 Å². The van der Waals surface area contributed by atoms with Crippen molar-refractivity contribution < 1.29 is 27.8 Å².